The number of benzene rings is 2. The van der Waals surface area contributed by atoms with Crippen molar-refractivity contribution in [3.63, 3.8) is 0 Å². The minimum atomic E-state index is -0.448. The third-order valence-corrected chi connectivity index (χ3v) is 3.52. The SMILES string of the molecule is O=[N+]([O-])c1ccc(-c2nc(S)oc2-c2ccc(Cl)cc2)cc1. The van der Waals surface area contributed by atoms with Crippen LogP contribution in [0.4, 0.5) is 5.69 Å². The number of aromatic nitrogens is 1. The largest absolute Gasteiger partial charge is 0.431 e. The van der Waals surface area contributed by atoms with Crippen molar-refractivity contribution in [1.82, 2.24) is 4.98 Å². The van der Waals surface area contributed by atoms with Crippen molar-refractivity contribution in [3.05, 3.63) is 63.7 Å². The average molecular weight is 333 g/mol. The molecule has 1 heterocycles. The second-order valence-corrected chi connectivity index (χ2v) is 5.30. The molecule has 0 amide bonds. The summed E-state index contributed by atoms with van der Waals surface area (Å²) >= 11 is 10.0. The fraction of sp³-hybridized carbons (Fsp3) is 0. The van der Waals surface area contributed by atoms with E-state index >= 15 is 0 Å². The molecule has 3 rings (SSSR count). The van der Waals surface area contributed by atoms with Crippen LogP contribution in [0.3, 0.4) is 0 Å². The van der Waals surface area contributed by atoms with Crippen LogP contribution in [0.2, 0.25) is 5.02 Å². The zero-order valence-corrected chi connectivity index (χ0v) is 12.7. The summed E-state index contributed by atoms with van der Waals surface area (Å²) in [7, 11) is 0. The molecular formula is C15H9ClN2O3S. The Morgan fingerprint density at radius 3 is 2.23 bits per heavy atom. The maximum Gasteiger partial charge on any atom is 0.269 e. The lowest BCUT2D eigenvalue weighted by Gasteiger charge is -2.02. The predicted molar refractivity (Wildman–Crippen MR) is 86.3 cm³/mol. The van der Waals surface area contributed by atoms with Crippen molar-refractivity contribution in [1.29, 1.82) is 0 Å². The van der Waals surface area contributed by atoms with Gasteiger partial charge in [-0.1, -0.05) is 24.2 Å². The highest BCUT2D eigenvalue weighted by atomic mass is 35.5. The summed E-state index contributed by atoms with van der Waals surface area (Å²) < 4.78 is 5.55. The molecule has 0 bridgehead atoms. The van der Waals surface area contributed by atoms with Crippen LogP contribution in [-0.2, 0) is 0 Å². The Morgan fingerprint density at radius 2 is 1.64 bits per heavy atom. The normalized spacial score (nSPS) is 10.6. The molecule has 0 spiro atoms. The maximum absolute atomic E-state index is 10.7. The summed E-state index contributed by atoms with van der Waals surface area (Å²) in [6.45, 7) is 0. The second kappa shape index (κ2) is 5.82. The van der Waals surface area contributed by atoms with E-state index in [0.717, 1.165) is 5.56 Å². The quantitative estimate of drug-likeness (QED) is 0.422. The highest BCUT2D eigenvalue weighted by Gasteiger charge is 2.16. The van der Waals surface area contributed by atoms with Crippen LogP contribution in [0, 0.1) is 10.1 Å². The van der Waals surface area contributed by atoms with Crippen LogP contribution in [0.5, 0.6) is 0 Å². The van der Waals surface area contributed by atoms with E-state index in [9.17, 15) is 10.1 Å². The second-order valence-electron chi connectivity index (χ2n) is 4.49. The summed E-state index contributed by atoms with van der Waals surface area (Å²) in [6.07, 6.45) is 0. The summed E-state index contributed by atoms with van der Waals surface area (Å²) in [5.41, 5.74) is 2.10. The first-order chi connectivity index (χ1) is 10.5. The first-order valence-corrected chi connectivity index (χ1v) is 7.07. The zero-order valence-electron chi connectivity index (χ0n) is 11.1. The first-order valence-electron chi connectivity index (χ1n) is 6.25. The molecule has 1 aromatic heterocycles. The number of oxazole rings is 1. The molecule has 0 aliphatic rings. The van der Waals surface area contributed by atoms with Crippen molar-refractivity contribution in [2.75, 3.05) is 0 Å². The lowest BCUT2D eigenvalue weighted by atomic mass is 10.1. The van der Waals surface area contributed by atoms with E-state index in [2.05, 4.69) is 17.6 Å². The Balaban J connectivity index is 2.07. The predicted octanol–water partition coefficient (Wildman–Crippen LogP) is 4.86. The van der Waals surface area contributed by atoms with Gasteiger partial charge in [0.2, 0.25) is 0 Å². The monoisotopic (exact) mass is 332 g/mol. The Bertz CT molecular complexity index is 829. The van der Waals surface area contributed by atoms with Crippen molar-refractivity contribution < 1.29 is 9.34 Å². The number of halogens is 1. The fourth-order valence-corrected chi connectivity index (χ4v) is 2.36. The molecule has 0 saturated carbocycles. The molecule has 0 radical (unpaired) electrons. The molecule has 0 fully saturated rings. The number of rotatable bonds is 3. The standard InChI is InChI=1S/C15H9ClN2O3S/c16-11-5-1-10(2-6-11)14-13(17-15(22)21-14)9-3-7-12(8-4-9)18(19)20/h1-8H,(H,17,22). The van der Waals surface area contributed by atoms with Gasteiger partial charge >= 0.3 is 0 Å². The van der Waals surface area contributed by atoms with Crippen molar-refractivity contribution in [2.24, 2.45) is 0 Å². The Kier molecular flexibility index (Phi) is 3.87. The molecule has 3 aromatic rings. The van der Waals surface area contributed by atoms with Crippen molar-refractivity contribution in [2.45, 2.75) is 5.22 Å². The van der Waals surface area contributed by atoms with Crippen molar-refractivity contribution in [3.8, 4) is 22.6 Å². The molecule has 0 aliphatic heterocycles. The summed E-state index contributed by atoms with van der Waals surface area (Å²) in [5, 5.41) is 11.6. The molecule has 0 atom stereocenters. The van der Waals surface area contributed by atoms with E-state index in [4.69, 9.17) is 16.0 Å². The van der Waals surface area contributed by atoms with Gasteiger partial charge in [-0.2, -0.15) is 0 Å². The third-order valence-electron chi connectivity index (χ3n) is 3.07. The smallest absolute Gasteiger partial charge is 0.269 e. The van der Waals surface area contributed by atoms with E-state index in [1.807, 2.05) is 12.1 Å². The van der Waals surface area contributed by atoms with E-state index in [-0.39, 0.29) is 10.9 Å². The first kappa shape index (κ1) is 14.6. The van der Waals surface area contributed by atoms with Crippen LogP contribution >= 0.6 is 24.2 Å². The molecule has 0 N–H and O–H groups in total. The van der Waals surface area contributed by atoms with E-state index in [1.54, 1.807) is 24.3 Å². The number of nitrogens with zero attached hydrogens (tertiary/aromatic N) is 2. The van der Waals surface area contributed by atoms with Crippen LogP contribution in [0.15, 0.2) is 58.2 Å². The fourth-order valence-electron chi connectivity index (χ4n) is 2.04. The van der Waals surface area contributed by atoms with E-state index in [1.165, 1.54) is 12.1 Å². The molecule has 0 unspecified atom stereocenters. The molecule has 2 aromatic carbocycles. The summed E-state index contributed by atoms with van der Waals surface area (Å²) in [5.74, 6) is 0.538. The van der Waals surface area contributed by atoms with Crippen LogP contribution < -0.4 is 0 Å². The number of non-ortho nitro benzene ring substituents is 1. The van der Waals surface area contributed by atoms with Gasteiger partial charge in [-0.15, -0.1) is 0 Å². The highest BCUT2D eigenvalue weighted by Crippen LogP contribution is 2.34. The van der Waals surface area contributed by atoms with Gasteiger partial charge in [0.05, 0.1) is 4.92 Å². The minimum Gasteiger partial charge on any atom is -0.431 e. The molecular weight excluding hydrogens is 324 g/mol. The molecule has 0 saturated heterocycles. The number of nitro benzene ring substituents is 1. The van der Waals surface area contributed by atoms with E-state index < -0.39 is 4.92 Å². The van der Waals surface area contributed by atoms with Crippen LogP contribution in [0.1, 0.15) is 0 Å². The van der Waals surface area contributed by atoms with Gasteiger partial charge in [0.25, 0.3) is 10.9 Å². The molecule has 110 valence electrons. The number of thiol groups is 1. The number of hydrogen-bond donors (Lipinski definition) is 1. The Hall–Kier alpha value is -2.31. The average Bonchev–Trinajstić information content (AvgIpc) is 2.90. The van der Waals surface area contributed by atoms with Gasteiger partial charge in [-0.25, -0.2) is 4.98 Å². The van der Waals surface area contributed by atoms with Gasteiger partial charge < -0.3 is 4.42 Å². The minimum absolute atomic E-state index is 0.0198. The van der Waals surface area contributed by atoms with E-state index in [0.29, 0.717) is 22.0 Å². The van der Waals surface area contributed by atoms with Gasteiger partial charge in [0.1, 0.15) is 5.69 Å². The number of nitro groups is 1. The van der Waals surface area contributed by atoms with Crippen LogP contribution in [0.25, 0.3) is 22.6 Å². The van der Waals surface area contributed by atoms with Gasteiger partial charge in [0.15, 0.2) is 5.76 Å². The topological polar surface area (TPSA) is 69.2 Å². The van der Waals surface area contributed by atoms with Crippen LogP contribution in [-0.4, -0.2) is 9.91 Å². The maximum atomic E-state index is 10.7. The molecule has 5 nitrogen and oxygen atoms in total. The zero-order chi connectivity index (χ0) is 15.7. The highest BCUT2D eigenvalue weighted by molar-refractivity contribution is 7.80. The number of hydrogen-bond acceptors (Lipinski definition) is 5. The molecule has 7 heteroatoms. The lowest BCUT2D eigenvalue weighted by molar-refractivity contribution is -0.384. The van der Waals surface area contributed by atoms with Gasteiger partial charge in [0, 0.05) is 28.3 Å². The summed E-state index contributed by atoms with van der Waals surface area (Å²) in [4.78, 5) is 14.5. The third kappa shape index (κ3) is 2.84. The molecule has 0 aliphatic carbocycles. The molecule has 22 heavy (non-hydrogen) atoms. The Morgan fingerprint density at radius 1 is 1.05 bits per heavy atom. The van der Waals surface area contributed by atoms with Crippen molar-refractivity contribution >= 4 is 29.9 Å². The van der Waals surface area contributed by atoms with Gasteiger partial charge in [-0.05, 0) is 36.4 Å². The Labute approximate surface area is 136 Å². The van der Waals surface area contributed by atoms with Gasteiger partial charge in [-0.3, -0.25) is 10.1 Å². The lowest BCUT2D eigenvalue weighted by Crippen LogP contribution is -1.88. The summed E-state index contributed by atoms with van der Waals surface area (Å²) in [6, 6.07) is 13.2.